The number of hydrogen-bond acceptors (Lipinski definition) is 6. The molecule has 0 spiro atoms. The van der Waals surface area contributed by atoms with Crippen LogP contribution in [0.4, 0.5) is 0 Å². The van der Waals surface area contributed by atoms with Gasteiger partial charge < -0.3 is 14.2 Å². The standard InChI is InChI=1S/C35H66O6/c1-5-7-9-17-22-26-33(36)39-29-32(41-35(38)28-24-18-10-8-6-2)30-40-34(37)27-23-20-16-14-12-11-13-15-19-21-25-31(3)4/h31-32H,5-30H2,1-4H3/t32-/m1/s1. The fraction of sp³-hybridized carbons (Fsp3) is 0.914. The maximum Gasteiger partial charge on any atom is 0.306 e. The lowest BCUT2D eigenvalue weighted by atomic mass is 10.0. The Morgan fingerprint density at radius 2 is 0.805 bits per heavy atom. The Kier molecular flexibility index (Phi) is 28.7. The van der Waals surface area contributed by atoms with Crippen molar-refractivity contribution in [1.82, 2.24) is 0 Å². The molecule has 41 heavy (non-hydrogen) atoms. The highest BCUT2D eigenvalue weighted by Crippen LogP contribution is 2.14. The summed E-state index contributed by atoms with van der Waals surface area (Å²) in [5.74, 6) is -0.0805. The third-order valence-electron chi connectivity index (χ3n) is 7.54. The molecule has 0 aliphatic rings. The number of unbranched alkanes of at least 4 members (excludes halogenated alkanes) is 17. The second-order valence-corrected chi connectivity index (χ2v) is 12.3. The second kappa shape index (κ2) is 29.9. The van der Waals surface area contributed by atoms with E-state index in [0.29, 0.717) is 19.3 Å². The molecule has 0 aromatic heterocycles. The number of esters is 3. The molecule has 6 nitrogen and oxygen atoms in total. The molecule has 0 heterocycles. The summed E-state index contributed by atoms with van der Waals surface area (Å²) in [6, 6.07) is 0. The Balaban J connectivity index is 4.18. The van der Waals surface area contributed by atoms with Gasteiger partial charge in [-0.25, -0.2) is 0 Å². The Hall–Kier alpha value is -1.59. The van der Waals surface area contributed by atoms with Crippen LogP contribution < -0.4 is 0 Å². The quantitative estimate of drug-likeness (QED) is 0.0476. The highest BCUT2D eigenvalue weighted by Gasteiger charge is 2.19. The first kappa shape index (κ1) is 39.4. The van der Waals surface area contributed by atoms with Gasteiger partial charge in [0, 0.05) is 19.3 Å². The molecule has 0 rings (SSSR count). The van der Waals surface area contributed by atoms with E-state index in [1.54, 1.807) is 0 Å². The Morgan fingerprint density at radius 1 is 0.463 bits per heavy atom. The van der Waals surface area contributed by atoms with E-state index in [9.17, 15) is 14.4 Å². The minimum atomic E-state index is -0.753. The number of rotatable bonds is 30. The molecule has 0 fully saturated rings. The van der Waals surface area contributed by atoms with E-state index in [4.69, 9.17) is 14.2 Å². The van der Waals surface area contributed by atoms with Crippen LogP contribution in [0.3, 0.4) is 0 Å². The fourth-order valence-corrected chi connectivity index (χ4v) is 4.86. The van der Waals surface area contributed by atoms with Gasteiger partial charge in [-0.1, -0.05) is 143 Å². The summed E-state index contributed by atoms with van der Waals surface area (Å²) in [5, 5.41) is 0. The highest BCUT2D eigenvalue weighted by molar-refractivity contribution is 5.71. The number of hydrogen-bond donors (Lipinski definition) is 0. The van der Waals surface area contributed by atoms with Crippen molar-refractivity contribution in [2.45, 2.75) is 188 Å². The number of carbonyl (C=O) groups is 3. The van der Waals surface area contributed by atoms with Crippen molar-refractivity contribution in [3.63, 3.8) is 0 Å². The van der Waals surface area contributed by atoms with Crippen LogP contribution in [-0.4, -0.2) is 37.2 Å². The summed E-state index contributed by atoms with van der Waals surface area (Å²) in [6.45, 7) is 8.77. The lowest BCUT2D eigenvalue weighted by Gasteiger charge is -2.18. The average molecular weight is 583 g/mol. The largest absolute Gasteiger partial charge is 0.462 e. The van der Waals surface area contributed by atoms with E-state index in [-0.39, 0.29) is 31.1 Å². The van der Waals surface area contributed by atoms with Crippen molar-refractivity contribution in [1.29, 1.82) is 0 Å². The molecule has 1 atom stereocenters. The van der Waals surface area contributed by atoms with Gasteiger partial charge in [-0.05, 0) is 25.2 Å². The van der Waals surface area contributed by atoms with E-state index in [0.717, 1.165) is 76.5 Å². The van der Waals surface area contributed by atoms with Crippen LogP contribution in [0.2, 0.25) is 0 Å². The topological polar surface area (TPSA) is 78.9 Å². The van der Waals surface area contributed by atoms with Gasteiger partial charge in [-0.15, -0.1) is 0 Å². The zero-order valence-electron chi connectivity index (χ0n) is 27.5. The number of carbonyl (C=O) groups excluding carboxylic acids is 3. The van der Waals surface area contributed by atoms with Gasteiger partial charge in [0.1, 0.15) is 13.2 Å². The third-order valence-corrected chi connectivity index (χ3v) is 7.54. The minimum absolute atomic E-state index is 0.0681. The molecule has 242 valence electrons. The van der Waals surface area contributed by atoms with E-state index >= 15 is 0 Å². The molecule has 0 radical (unpaired) electrons. The first-order valence-corrected chi connectivity index (χ1v) is 17.4. The van der Waals surface area contributed by atoms with E-state index < -0.39 is 6.10 Å². The van der Waals surface area contributed by atoms with Crippen LogP contribution >= 0.6 is 0 Å². The predicted molar refractivity (Wildman–Crippen MR) is 169 cm³/mol. The van der Waals surface area contributed by atoms with Gasteiger partial charge >= 0.3 is 17.9 Å². The molecule has 0 saturated carbocycles. The predicted octanol–water partition coefficient (Wildman–Crippen LogP) is 10.0. The lowest BCUT2D eigenvalue weighted by molar-refractivity contribution is -0.167. The Bertz CT molecular complexity index is 618. The lowest BCUT2D eigenvalue weighted by Crippen LogP contribution is -2.30. The first-order valence-electron chi connectivity index (χ1n) is 17.4. The minimum Gasteiger partial charge on any atom is -0.462 e. The van der Waals surface area contributed by atoms with Gasteiger partial charge in [0.2, 0.25) is 0 Å². The van der Waals surface area contributed by atoms with Crippen LogP contribution in [0.1, 0.15) is 182 Å². The van der Waals surface area contributed by atoms with E-state index in [2.05, 4.69) is 27.7 Å². The van der Waals surface area contributed by atoms with Crippen molar-refractivity contribution in [2.24, 2.45) is 5.92 Å². The summed E-state index contributed by atoms with van der Waals surface area (Å²) in [7, 11) is 0. The van der Waals surface area contributed by atoms with Crippen molar-refractivity contribution in [2.75, 3.05) is 13.2 Å². The molecule has 0 saturated heterocycles. The fourth-order valence-electron chi connectivity index (χ4n) is 4.86. The molecule has 0 bridgehead atoms. The summed E-state index contributed by atoms with van der Waals surface area (Å²) in [6.07, 6.45) is 24.3. The van der Waals surface area contributed by atoms with Crippen molar-refractivity contribution < 1.29 is 28.6 Å². The van der Waals surface area contributed by atoms with E-state index in [1.807, 2.05) is 0 Å². The number of ether oxygens (including phenoxy) is 3. The van der Waals surface area contributed by atoms with Crippen molar-refractivity contribution in [3.8, 4) is 0 Å². The van der Waals surface area contributed by atoms with Gasteiger partial charge in [-0.3, -0.25) is 14.4 Å². The first-order chi connectivity index (χ1) is 19.9. The highest BCUT2D eigenvalue weighted by atomic mass is 16.6. The van der Waals surface area contributed by atoms with Crippen LogP contribution in [-0.2, 0) is 28.6 Å². The van der Waals surface area contributed by atoms with Crippen LogP contribution in [0.15, 0.2) is 0 Å². The average Bonchev–Trinajstić information content (AvgIpc) is 2.94. The molecular weight excluding hydrogens is 516 g/mol. The molecule has 0 amide bonds. The maximum atomic E-state index is 12.4. The SMILES string of the molecule is CCCCCCCC(=O)OC[C@H](COC(=O)CCCCCCCCCCCCC(C)C)OC(=O)CCCCCCC. The summed E-state index contributed by atoms with van der Waals surface area (Å²) < 4.78 is 16.3. The monoisotopic (exact) mass is 582 g/mol. The van der Waals surface area contributed by atoms with E-state index in [1.165, 1.54) is 64.2 Å². The van der Waals surface area contributed by atoms with Crippen LogP contribution in [0.25, 0.3) is 0 Å². The second-order valence-electron chi connectivity index (χ2n) is 12.3. The maximum absolute atomic E-state index is 12.4. The molecule has 0 aliphatic carbocycles. The zero-order valence-corrected chi connectivity index (χ0v) is 27.5. The molecule has 0 N–H and O–H groups in total. The van der Waals surface area contributed by atoms with Crippen molar-refractivity contribution in [3.05, 3.63) is 0 Å². The smallest absolute Gasteiger partial charge is 0.306 e. The summed E-state index contributed by atoms with van der Waals surface area (Å²) in [4.78, 5) is 36.8. The van der Waals surface area contributed by atoms with Gasteiger partial charge in [0.15, 0.2) is 6.10 Å². The molecule has 0 unspecified atom stereocenters. The molecule has 0 aromatic rings. The van der Waals surface area contributed by atoms with Gasteiger partial charge in [0.05, 0.1) is 0 Å². The van der Waals surface area contributed by atoms with Crippen LogP contribution in [0, 0.1) is 5.92 Å². The van der Waals surface area contributed by atoms with Crippen LogP contribution in [0.5, 0.6) is 0 Å². The molecular formula is C35H66O6. The van der Waals surface area contributed by atoms with Gasteiger partial charge in [0.25, 0.3) is 0 Å². The molecule has 0 aliphatic heterocycles. The normalized spacial score (nSPS) is 11.9. The zero-order chi connectivity index (χ0) is 30.4. The van der Waals surface area contributed by atoms with Gasteiger partial charge in [-0.2, -0.15) is 0 Å². The Morgan fingerprint density at radius 3 is 1.20 bits per heavy atom. The Labute approximate surface area is 253 Å². The summed E-state index contributed by atoms with van der Waals surface area (Å²) in [5.41, 5.74) is 0. The summed E-state index contributed by atoms with van der Waals surface area (Å²) >= 11 is 0. The van der Waals surface area contributed by atoms with Crippen molar-refractivity contribution >= 4 is 17.9 Å². The third kappa shape index (κ3) is 29.7. The molecule has 6 heteroatoms. The molecule has 0 aromatic carbocycles.